The molecule has 13 nitrogen and oxygen atoms in total. The van der Waals surface area contributed by atoms with Crippen molar-refractivity contribution in [3.8, 4) is 0 Å². The largest absolute Gasteiger partial charge is 0.371 e. The van der Waals surface area contributed by atoms with Crippen molar-refractivity contribution in [3.63, 3.8) is 0 Å². The highest BCUT2D eigenvalue weighted by atomic mass is 35.5. The number of hydrogen-bond acceptors (Lipinski definition) is 10. The highest BCUT2D eigenvalue weighted by Gasteiger charge is 2.46. The van der Waals surface area contributed by atoms with Crippen LogP contribution in [0.25, 0.3) is 4.85 Å². The van der Waals surface area contributed by atoms with Gasteiger partial charge in [0.2, 0.25) is 17.5 Å². The van der Waals surface area contributed by atoms with Gasteiger partial charge in [0.25, 0.3) is 11.8 Å². The number of hydrogen-bond donors (Lipinski definition) is 1. The van der Waals surface area contributed by atoms with Crippen LogP contribution in [0, 0.1) is 17.9 Å². The molecule has 61 heavy (non-hydrogen) atoms. The van der Waals surface area contributed by atoms with E-state index in [-0.39, 0.29) is 23.8 Å². The van der Waals surface area contributed by atoms with E-state index >= 15 is 0 Å². The van der Waals surface area contributed by atoms with Crippen molar-refractivity contribution in [2.24, 2.45) is 11.3 Å². The van der Waals surface area contributed by atoms with Gasteiger partial charge in [0, 0.05) is 73.8 Å². The summed E-state index contributed by atoms with van der Waals surface area (Å²) in [6, 6.07) is 18.0. The van der Waals surface area contributed by atoms with Crippen LogP contribution in [0.2, 0.25) is 5.02 Å². The number of piperidine rings is 4. The maximum Gasteiger partial charge on any atom is 0.262 e. The van der Waals surface area contributed by atoms with Crippen molar-refractivity contribution in [1.82, 2.24) is 15.1 Å². The second-order valence-electron chi connectivity index (χ2n) is 18.1. The number of anilines is 3. The number of carbonyl (C=O) groups is 4. The molecule has 320 valence electrons. The second-order valence-corrected chi connectivity index (χ2v) is 20.7. The van der Waals surface area contributed by atoms with Gasteiger partial charge in [-0.25, -0.2) is 13.3 Å². The smallest absolute Gasteiger partial charge is 0.262 e. The lowest BCUT2D eigenvalue weighted by atomic mass is 9.76. The van der Waals surface area contributed by atoms with Gasteiger partial charge >= 0.3 is 0 Å². The molecule has 3 aromatic carbocycles. The molecule has 0 saturated carbocycles. The van der Waals surface area contributed by atoms with E-state index in [1.165, 1.54) is 0 Å². The van der Waals surface area contributed by atoms with E-state index in [4.69, 9.17) is 18.2 Å². The van der Waals surface area contributed by atoms with E-state index in [2.05, 4.69) is 36.7 Å². The summed E-state index contributed by atoms with van der Waals surface area (Å²) >= 11 is 6.38. The van der Waals surface area contributed by atoms with E-state index in [0.717, 1.165) is 106 Å². The average Bonchev–Trinajstić information content (AvgIpc) is 3.72. The standard InChI is InChI=1S/C46H52ClN7O6S/c1-30-27-46(29-53(30)34-6-10-40(48-2)39(47)26-34)17-23-52(24-18-46)32-3-7-35(8-4-32)61(59,60)36-15-19-50(20-16-36)28-31-13-21-51(22-14-31)33-5-9-37-38(25-33)45(58)54(44(37)57)41-11-12-42(55)49-43(41)56/h3-10,25-26,30-31,36,41H,11-24,27-29H2,1H3,(H,49,55,56)/t30-,41?/m0/s1. The Kier molecular flexibility index (Phi) is 11.1. The number of fused-ring (bicyclic) bond motifs is 1. The van der Waals surface area contributed by atoms with Crippen LogP contribution >= 0.6 is 11.6 Å². The number of imide groups is 2. The van der Waals surface area contributed by atoms with Gasteiger partial charge in [0.15, 0.2) is 9.84 Å². The van der Waals surface area contributed by atoms with E-state index in [9.17, 15) is 27.6 Å². The average molecular weight is 866 g/mol. The number of rotatable bonds is 8. The van der Waals surface area contributed by atoms with Crippen LogP contribution in [0.4, 0.5) is 22.7 Å². The van der Waals surface area contributed by atoms with Gasteiger partial charge in [-0.1, -0.05) is 17.7 Å². The van der Waals surface area contributed by atoms with E-state index in [1.54, 1.807) is 24.3 Å². The number of nitrogens with zero attached hydrogens (tertiary/aromatic N) is 6. The molecule has 1 N–H and O–H groups in total. The first-order valence-electron chi connectivity index (χ1n) is 21.7. The molecule has 5 saturated heterocycles. The van der Waals surface area contributed by atoms with Crippen molar-refractivity contribution in [2.45, 2.75) is 86.9 Å². The van der Waals surface area contributed by atoms with Crippen LogP contribution in [0.1, 0.15) is 85.4 Å². The number of amides is 4. The van der Waals surface area contributed by atoms with Gasteiger partial charge in [-0.3, -0.25) is 29.4 Å². The zero-order chi connectivity index (χ0) is 42.6. The van der Waals surface area contributed by atoms with E-state index in [0.29, 0.717) is 46.0 Å². The minimum absolute atomic E-state index is 0.0820. The fourth-order valence-electron chi connectivity index (χ4n) is 10.9. The summed E-state index contributed by atoms with van der Waals surface area (Å²) in [5.74, 6) is -1.54. The number of carbonyl (C=O) groups excluding carboxylic acids is 4. The van der Waals surface area contributed by atoms with Crippen LogP contribution in [0.5, 0.6) is 0 Å². The molecular weight excluding hydrogens is 814 g/mol. The molecule has 1 spiro atoms. The topological polar surface area (TPSA) is 135 Å². The van der Waals surface area contributed by atoms with Crippen molar-refractivity contribution in [1.29, 1.82) is 0 Å². The third-order valence-corrected chi connectivity index (χ3v) is 17.0. The molecule has 4 amide bonds. The molecule has 1 unspecified atom stereocenters. The quantitative estimate of drug-likeness (QED) is 0.202. The lowest BCUT2D eigenvalue weighted by Gasteiger charge is -2.40. The molecule has 6 aliphatic rings. The van der Waals surface area contributed by atoms with E-state index in [1.807, 2.05) is 36.4 Å². The zero-order valence-electron chi connectivity index (χ0n) is 34.5. The number of halogens is 1. The van der Waals surface area contributed by atoms with Crippen LogP contribution in [0.15, 0.2) is 65.6 Å². The van der Waals surface area contributed by atoms with Crippen molar-refractivity contribution in [2.75, 3.05) is 67.1 Å². The van der Waals surface area contributed by atoms with Crippen molar-refractivity contribution >= 4 is 67.8 Å². The first kappa shape index (κ1) is 41.4. The van der Waals surface area contributed by atoms with Crippen LogP contribution < -0.4 is 20.0 Å². The molecule has 0 bridgehead atoms. The number of benzene rings is 3. The van der Waals surface area contributed by atoms with Gasteiger partial charge in [-0.2, -0.15) is 0 Å². The summed E-state index contributed by atoms with van der Waals surface area (Å²) in [5, 5.41) is 2.34. The Labute approximate surface area is 362 Å². The summed E-state index contributed by atoms with van der Waals surface area (Å²) in [4.78, 5) is 64.9. The first-order chi connectivity index (χ1) is 29.3. The molecule has 6 aliphatic heterocycles. The normalized spacial score (nSPS) is 24.1. The SMILES string of the molecule is [C-]#[N+]c1ccc(N2CC3(CCN(c4ccc(S(=O)(=O)C5CCN(CC6CCN(c7ccc8c(c7)C(=O)N(C7CCC(=O)NC7=O)C8=O)CC6)CC5)cc4)CC3)C[C@@H]2C)cc1Cl. The Balaban J connectivity index is 0.732. The Morgan fingerprint density at radius 3 is 2.11 bits per heavy atom. The van der Waals surface area contributed by atoms with Gasteiger partial charge in [-0.15, -0.1) is 0 Å². The number of nitrogens with one attached hydrogen (secondary N) is 1. The van der Waals surface area contributed by atoms with Gasteiger partial charge < -0.3 is 19.6 Å². The molecule has 15 heteroatoms. The summed E-state index contributed by atoms with van der Waals surface area (Å²) in [6.07, 6.45) is 6.59. The molecule has 3 aromatic rings. The summed E-state index contributed by atoms with van der Waals surface area (Å²) in [5.41, 5.74) is 4.27. The maximum atomic E-state index is 13.8. The van der Waals surface area contributed by atoms with Crippen LogP contribution in [-0.2, 0) is 19.4 Å². The lowest BCUT2D eigenvalue weighted by Crippen LogP contribution is -2.54. The lowest BCUT2D eigenvalue weighted by molar-refractivity contribution is -0.136. The molecule has 6 heterocycles. The van der Waals surface area contributed by atoms with Crippen LogP contribution in [0.3, 0.4) is 0 Å². The minimum atomic E-state index is -3.46. The third kappa shape index (κ3) is 7.89. The zero-order valence-corrected chi connectivity index (χ0v) is 36.1. The Hall–Kier alpha value is -4.97. The molecule has 5 fully saturated rings. The molecule has 0 aromatic heterocycles. The predicted molar refractivity (Wildman–Crippen MR) is 234 cm³/mol. The van der Waals surface area contributed by atoms with Crippen molar-refractivity contribution in [3.05, 3.63) is 88.2 Å². The van der Waals surface area contributed by atoms with Gasteiger partial charge in [-0.05, 0) is 137 Å². The summed E-state index contributed by atoms with van der Waals surface area (Å²) < 4.78 is 27.7. The highest BCUT2D eigenvalue weighted by molar-refractivity contribution is 7.92. The summed E-state index contributed by atoms with van der Waals surface area (Å²) in [6.45, 7) is 16.4. The molecule has 0 aliphatic carbocycles. The Morgan fingerprint density at radius 1 is 0.787 bits per heavy atom. The van der Waals surface area contributed by atoms with Gasteiger partial charge in [0.05, 0.1) is 27.8 Å². The summed E-state index contributed by atoms with van der Waals surface area (Å²) in [7, 11) is -3.46. The van der Waals surface area contributed by atoms with Crippen molar-refractivity contribution < 1.29 is 27.6 Å². The maximum absolute atomic E-state index is 13.8. The molecule has 9 rings (SSSR count). The Morgan fingerprint density at radius 2 is 1.44 bits per heavy atom. The fraction of sp³-hybridized carbons (Fsp3) is 0.500. The number of likely N-dealkylation sites (tertiary alicyclic amines) is 1. The molecular formula is C46H52ClN7O6S. The second kappa shape index (κ2) is 16.4. The van der Waals surface area contributed by atoms with Gasteiger partial charge in [0.1, 0.15) is 6.04 Å². The first-order valence-corrected chi connectivity index (χ1v) is 23.6. The fourth-order valence-corrected chi connectivity index (χ4v) is 12.8. The van der Waals surface area contributed by atoms with Crippen LogP contribution in [-0.4, -0.2) is 112 Å². The van der Waals surface area contributed by atoms with E-state index < -0.39 is 44.8 Å². The molecule has 0 radical (unpaired) electrons. The molecule has 2 atom stereocenters. The highest BCUT2D eigenvalue weighted by Crippen LogP contribution is 2.46. The third-order valence-electron chi connectivity index (χ3n) is 14.4. The number of sulfone groups is 1. The minimum Gasteiger partial charge on any atom is -0.371 e. The monoisotopic (exact) mass is 865 g/mol. The Bertz CT molecular complexity index is 2400. The predicted octanol–water partition coefficient (Wildman–Crippen LogP) is 6.33.